The monoisotopic (exact) mass is 484 g/mol. The minimum atomic E-state index is -0.798. The van der Waals surface area contributed by atoms with Crippen molar-refractivity contribution in [3.05, 3.63) is 35.6 Å². The van der Waals surface area contributed by atoms with E-state index in [1.54, 1.807) is 13.0 Å². The van der Waals surface area contributed by atoms with Crippen LogP contribution in [0.3, 0.4) is 0 Å². The molecule has 1 saturated carbocycles. The topological polar surface area (TPSA) is 108 Å². The predicted octanol–water partition coefficient (Wildman–Crippen LogP) is 6.49. The second-order valence-corrected chi connectivity index (χ2v) is 10.7. The number of amides is 2. The number of nitrogens with zero attached hydrogens (tertiary/aromatic N) is 2. The van der Waals surface area contributed by atoms with Gasteiger partial charge < -0.3 is 19.8 Å². The Labute approximate surface area is 208 Å². The number of anilines is 3. The van der Waals surface area contributed by atoms with Crippen molar-refractivity contribution in [1.29, 1.82) is 0 Å². The molecule has 2 aromatic rings. The first-order valence-electron chi connectivity index (χ1n) is 12.7. The Kier molecular flexibility index (Phi) is 9.18. The van der Waals surface area contributed by atoms with E-state index in [4.69, 9.17) is 4.52 Å². The summed E-state index contributed by atoms with van der Waals surface area (Å²) in [6, 6.07) is 7.27. The second-order valence-electron chi connectivity index (χ2n) is 10.7. The van der Waals surface area contributed by atoms with Crippen molar-refractivity contribution >= 4 is 29.2 Å². The first-order chi connectivity index (χ1) is 16.6. The number of nitrogens with one attached hydrogen (secondary N) is 2. The van der Waals surface area contributed by atoms with Gasteiger partial charge in [-0.05, 0) is 54.7 Å². The molecule has 3 N–H and O–H groups in total. The molecule has 1 aliphatic carbocycles. The number of carboxylic acid groups (broad SMARTS) is 1. The Bertz CT molecular complexity index is 987. The number of benzene rings is 1. The smallest absolute Gasteiger partial charge is 0.325 e. The summed E-state index contributed by atoms with van der Waals surface area (Å²) >= 11 is 0. The van der Waals surface area contributed by atoms with Gasteiger partial charge in [0.2, 0.25) is 0 Å². The van der Waals surface area contributed by atoms with Crippen LogP contribution in [0, 0.1) is 24.7 Å². The number of carbonyl (C=O) groups is 2. The van der Waals surface area contributed by atoms with Crippen molar-refractivity contribution in [2.24, 2.45) is 17.8 Å². The molecule has 1 fully saturated rings. The molecule has 0 aliphatic heterocycles. The predicted molar refractivity (Wildman–Crippen MR) is 139 cm³/mol. The molecule has 1 aliphatic rings. The van der Waals surface area contributed by atoms with Gasteiger partial charge in [0, 0.05) is 19.2 Å². The molecule has 1 heterocycles. The fraction of sp³-hybridized carbons (Fsp3) is 0.593. The lowest BCUT2D eigenvalue weighted by Gasteiger charge is -2.32. The highest BCUT2D eigenvalue weighted by atomic mass is 16.5. The summed E-state index contributed by atoms with van der Waals surface area (Å²) in [6.07, 6.45) is 4.49. The van der Waals surface area contributed by atoms with Crippen LogP contribution in [0.1, 0.15) is 77.0 Å². The summed E-state index contributed by atoms with van der Waals surface area (Å²) in [6.45, 7) is 12.2. The average molecular weight is 485 g/mol. The van der Waals surface area contributed by atoms with Crippen LogP contribution in [-0.2, 0) is 4.79 Å². The molecule has 1 atom stereocenters. The highest BCUT2D eigenvalue weighted by Gasteiger charge is 2.26. The summed E-state index contributed by atoms with van der Waals surface area (Å²) in [5.41, 5.74) is 2.55. The van der Waals surface area contributed by atoms with Crippen LogP contribution in [0.5, 0.6) is 0 Å². The van der Waals surface area contributed by atoms with Gasteiger partial charge in [-0.2, -0.15) is 0 Å². The lowest BCUT2D eigenvalue weighted by molar-refractivity contribution is -0.137. The Hall–Kier alpha value is -3.03. The Balaban J connectivity index is 1.94. The third-order valence-corrected chi connectivity index (χ3v) is 6.39. The van der Waals surface area contributed by atoms with E-state index in [2.05, 4.69) is 48.4 Å². The normalized spacial score (nSPS) is 14.6. The summed E-state index contributed by atoms with van der Waals surface area (Å²) in [7, 11) is 0. The molecule has 1 unspecified atom stereocenters. The van der Waals surface area contributed by atoms with E-state index in [9.17, 15) is 14.7 Å². The number of carbonyl (C=O) groups excluding carboxylic acids is 1. The van der Waals surface area contributed by atoms with Gasteiger partial charge in [-0.1, -0.05) is 58.2 Å². The number of urea groups is 1. The molecule has 1 aromatic heterocycles. The minimum Gasteiger partial charge on any atom is -0.481 e. The van der Waals surface area contributed by atoms with Gasteiger partial charge in [-0.3, -0.25) is 10.1 Å². The number of aryl methyl sites for hydroxylation is 1. The Morgan fingerprint density at radius 2 is 1.80 bits per heavy atom. The molecule has 3 rings (SSSR count). The van der Waals surface area contributed by atoms with Gasteiger partial charge in [0.15, 0.2) is 5.82 Å². The molecule has 0 radical (unpaired) electrons. The van der Waals surface area contributed by atoms with Crippen molar-refractivity contribution in [2.75, 3.05) is 28.6 Å². The lowest BCUT2D eigenvalue weighted by Crippen LogP contribution is -2.32. The molecule has 8 heteroatoms. The van der Waals surface area contributed by atoms with E-state index >= 15 is 0 Å². The quantitative estimate of drug-likeness (QED) is 0.318. The van der Waals surface area contributed by atoms with Crippen molar-refractivity contribution in [2.45, 2.75) is 72.6 Å². The standard InChI is InChI=1S/C27H40N4O4/c1-17(2)15-31(16-18(3)4)24-10-9-21(22(14-26(32)33)12-20-7-6-8-20)13-23(24)28-27(34)29-25-11-19(5)35-30-25/h9-11,13,17-18,20,22H,6-8,12,14-16H2,1-5H3,(H,32,33)(H2,28,29,30,34). The van der Waals surface area contributed by atoms with Crippen molar-refractivity contribution in [3.63, 3.8) is 0 Å². The van der Waals surface area contributed by atoms with E-state index < -0.39 is 12.0 Å². The summed E-state index contributed by atoms with van der Waals surface area (Å²) in [4.78, 5) is 26.8. The largest absolute Gasteiger partial charge is 0.481 e. The highest BCUT2D eigenvalue weighted by Crippen LogP contribution is 2.39. The van der Waals surface area contributed by atoms with Crippen molar-refractivity contribution in [3.8, 4) is 0 Å². The van der Waals surface area contributed by atoms with E-state index in [1.165, 1.54) is 6.42 Å². The molecule has 192 valence electrons. The SMILES string of the molecule is Cc1cc(NC(=O)Nc2cc(C(CC(=O)O)CC3CCC3)ccc2N(CC(C)C)CC(C)C)no1. The molecule has 0 bridgehead atoms. The van der Waals surface area contributed by atoms with E-state index in [0.29, 0.717) is 35.0 Å². The number of aromatic nitrogens is 1. The zero-order chi connectivity index (χ0) is 25.5. The molecule has 0 saturated heterocycles. The Morgan fingerprint density at radius 3 is 2.31 bits per heavy atom. The third-order valence-electron chi connectivity index (χ3n) is 6.39. The van der Waals surface area contributed by atoms with Crippen LogP contribution in [-0.4, -0.2) is 35.4 Å². The van der Waals surface area contributed by atoms with E-state index in [-0.39, 0.29) is 12.3 Å². The van der Waals surface area contributed by atoms with Crippen LogP contribution in [0.15, 0.2) is 28.8 Å². The third kappa shape index (κ3) is 8.01. The van der Waals surface area contributed by atoms with Gasteiger partial charge in [-0.25, -0.2) is 4.79 Å². The van der Waals surface area contributed by atoms with Gasteiger partial charge >= 0.3 is 12.0 Å². The molecule has 1 aromatic carbocycles. The van der Waals surface area contributed by atoms with Crippen molar-refractivity contribution < 1.29 is 19.2 Å². The average Bonchev–Trinajstić information content (AvgIpc) is 3.12. The van der Waals surface area contributed by atoms with Gasteiger partial charge in [-0.15, -0.1) is 0 Å². The number of hydrogen-bond donors (Lipinski definition) is 3. The minimum absolute atomic E-state index is 0.0847. The molecule has 35 heavy (non-hydrogen) atoms. The first-order valence-corrected chi connectivity index (χ1v) is 12.7. The van der Waals surface area contributed by atoms with Gasteiger partial charge in [0.1, 0.15) is 5.76 Å². The number of aliphatic carboxylic acids is 1. The van der Waals surface area contributed by atoms with E-state index in [1.807, 2.05) is 18.2 Å². The lowest BCUT2D eigenvalue weighted by atomic mass is 9.76. The zero-order valence-electron chi connectivity index (χ0n) is 21.6. The molecule has 2 amide bonds. The molecule has 8 nitrogen and oxygen atoms in total. The molecular weight excluding hydrogens is 444 g/mol. The van der Waals surface area contributed by atoms with Crippen LogP contribution in [0.4, 0.5) is 22.0 Å². The Morgan fingerprint density at radius 1 is 1.11 bits per heavy atom. The van der Waals surface area contributed by atoms with Crippen LogP contribution < -0.4 is 15.5 Å². The fourth-order valence-corrected chi connectivity index (χ4v) is 4.71. The molecule has 0 spiro atoms. The fourth-order valence-electron chi connectivity index (χ4n) is 4.71. The van der Waals surface area contributed by atoms with Gasteiger partial charge in [0.05, 0.1) is 17.8 Å². The maximum absolute atomic E-state index is 12.9. The van der Waals surface area contributed by atoms with Crippen LogP contribution in [0.2, 0.25) is 0 Å². The van der Waals surface area contributed by atoms with Crippen LogP contribution in [0.25, 0.3) is 0 Å². The highest BCUT2D eigenvalue weighted by molar-refractivity contribution is 6.01. The number of carboxylic acids is 1. The zero-order valence-corrected chi connectivity index (χ0v) is 21.6. The number of rotatable bonds is 12. The summed E-state index contributed by atoms with van der Waals surface area (Å²) < 4.78 is 5.05. The maximum atomic E-state index is 12.9. The number of hydrogen-bond acceptors (Lipinski definition) is 5. The first kappa shape index (κ1) is 26.6. The van der Waals surface area contributed by atoms with Crippen LogP contribution >= 0.6 is 0 Å². The maximum Gasteiger partial charge on any atom is 0.325 e. The summed E-state index contributed by atoms with van der Waals surface area (Å²) in [5, 5.41) is 19.1. The van der Waals surface area contributed by atoms with Gasteiger partial charge in [0.25, 0.3) is 0 Å². The summed E-state index contributed by atoms with van der Waals surface area (Å²) in [5.74, 6) is 1.51. The van der Waals surface area contributed by atoms with Crippen molar-refractivity contribution in [1.82, 2.24) is 5.16 Å². The molecular formula is C27H40N4O4. The second kappa shape index (κ2) is 12.1. The van der Waals surface area contributed by atoms with E-state index in [0.717, 1.165) is 43.6 Å².